The first-order chi connectivity index (χ1) is 10.4. The van der Waals surface area contributed by atoms with E-state index < -0.39 is 10.0 Å². The Hall–Kier alpha value is -1.48. The van der Waals surface area contributed by atoms with E-state index in [1.54, 1.807) is 12.1 Å². The lowest BCUT2D eigenvalue weighted by Crippen LogP contribution is -2.36. The molecule has 1 aromatic carbocycles. The number of amides is 1. The van der Waals surface area contributed by atoms with Crippen molar-refractivity contribution in [2.45, 2.75) is 11.8 Å². The van der Waals surface area contributed by atoms with Crippen molar-refractivity contribution < 1.29 is 22.7 Å². The molecule has 0 radical (unpaired) electrons. The minimum Gasteiger partial charge on any atom is -0.383 e. The third kappa shape index (κ3) is 5.38. The topological polar surface area (TPSA) is 84.9 Å². The molecule has 0 bridgehead atoms. The molecule has 0 aliphatic carbocycles. The van der Waals surface area contributed by atoms with Crippen molar-refractivity contribution in [1.82, 2.24) is 4.31 Å². The molecule has 0 heterocycles. The Morgan fingerprint density at radius 3 is 2.00 bits per heavy atom. The molecule has 1 N–H and O–H groups in total. The summed E-state index contributed by atoms with van der Waals surface area (Å²) in [6, 6.07) is 6.04. The molecule has 0 unspecified atom stereocenters. The summed E-state index contributed by atoms with van der Waals surface area (Å²) < 4.78 is 36.4. The van der Waals surface area contributed by atoms with Crippen molar-refractivity contribution in [3.8, 4) is 0 Å². The van der Waals surface area contributed by atoms with Gasteiger partial charge in [-0.3, -0.25) is 4.79 Å². The van der Waals surface area contributed by atoms with Crippen molar-refractivity contribution in [3.05, 3.63) is 24.3 Å². The highest BCUT2D eigenvalue weighted by atomic mass is 32.2. The monoisotopic (exact) mass is 330 g/mol. The van der Waals surface area contributed by atoms with Gasteiger partial charge in [0.2, 0.25) is 15.9 Å². The summed E-state index contributed by atoms with van der Waals surface area (Å²) in [5.41, 5.74) is 0.548. The highest BCUT2D eigenvalue weighted by Gasteiger charge is 2.23. The van der Waals surface area contributed by atoms with E-state index in [4.69, 9.17) is 9.47 Å². The molecule has 0 spiro atoms. The number of benzene rings is 1. The Bertz CT molecular complexity index is 563. The normalized spacial score (nSPS) is 11.6. The lowest BCUT2D eigenvalue weighted by molar-refractivity contribution is -0.114. The van der Waals surface area contributed by atoms with E-state index in [9.17, 15) is 13.2 Å². The SMILES string of the molecule is COCCN(CCOC)S(=O)(=O)c1ccc(NC(C)=O)cc1. The molecule has 0 aliphatic rings. The predicted octanol–water partition coefficient (Wildman–Crippen LogP) is 0.928. The highest BCUT2D eigenvalue weighted by Crippen LogP contribution is 2.18. The lowest BCUT2D eigenvalue weighted by atomic mass is 10.3. The summed E-state index contributed by atoms with van der Waals surface area (Å²) >= 11 is 0. The minimum absolute atomic E-state index is 0.161. The molecule has 22 heavy (non-hydrogen) atoms. The largest absolute Gasteiger partial charge is 0.383 e. The zero-order valence-electron chi connectivity index (χ0n) is 13.0. The molecule has 0 saturated heterocycles. The summed E-state index contributed by atoms with van der Waals surface area (Å²) in [4.78, 5) is 11.1. The van der Waals surface area contributed by atoms with Gasteiger partial charge in [-0.1, -0.05) is 0 Å². The first-order valence-corrected chi connectivity index (χ1v) is 8.21. The molecule has 1 aromatic rings. The second kappa shape index (κ2) is 8.84. The number of sulfonamides is 1. The molecule has 7 nitrogen and oxygen atoms in total. The second-order valence-electron chi connectivity index (χ2n) is 4.60. The molecule has 0 aromatic heterocycles. The van der Waals surface area contributed by atoms with Gasteiger partial charge in [-0.05, 0) is 24.3 Å². The number of ether oxygens (including phenoxy) is 2. The number of carbonyl (C=O) groups is 1. The quantitative estimate of drug-likeness (QED) is 0.728. The van der Waals surface area contributed by atoms with Crippen LogP contribution in [0.15, 0.2) is 29.2 Å². The molecule has 0 aliphatic heterocycles. The number of hydrogen-bond acceptors (Lipinski definition) is 5. The summed E-state index contributed by atoms with van der Waals surface area (Å²) in [7, 11) is -0.596. The van der Waals surface area contributed by atoms with Crippen LogP contribution in [0.1, 0.15) is 6.92 Å². The van der Waals surface area contributed by atoms with Gasteiger partial charge in [0.05, 0.1) is 18.1 Å². The number of rotatable bonds is 9. The fraction of sp³-hybridized carbons (Fsp3) is 0.500. The third-order valence-electron chi connectivity index (χ3n) is 2.90. The maximum Gasteiger partial charge on any atom is 0.243 e. The van der Waals surface area contributed by atoms with Crippen LogP contribution in [0.3, 0.4) is 0 Å². The van der Waals surface area contributed by atoms with E-state index in [2.05, 4.69) is 5.32 Å². The van der Waals surface area contributed by atoms with E-state index in [1.165, 1.54) is 37.6 Å². The molecule has 0 saturated carbocycles. The molecular weight excluding hydrogens is 308 g/mol. The summed E-state index contributed by atoms with van der Waals surface area (Å²) in [5, 5.41) is 2.59. The lowest BCUT2D eigenvalue weighted by Gasteiger charge is -2.21. The number of nitrogens with zero attached hydrogens (tertiary/aromatic N) is 1. The number of nitrogens with one attached hydrogen (secondary N) is 1. The van der Waals surface area contributed by atoms with E-state index >= 15 is 0 Å². The number of anilines is 1. The van der Waals surface area contributed by atoms with Gasteiger partial charge in [0.25, 0.3) is 0 Å². The summed E-state index contributed by atoms with van der Waals surface area (Å²) in [6.07, 6.45) is 0. The van der Waals surface area contributed by atoms with Crippen molar-refractivity contribution in [3.63, 3.8) is 0 Å². The van der Waals surface area contributed by atoms with Crippen LogP contribution in [0.4, 0.5) is 5.69 Å². The molecule has 0 atom stereocenters. The Labute approximate surface area is 131 Å². The predicted molar refractivity (Wildman–Crippen MR) is 83.3 cm³/mol. The van der Waals surface area contributed by atoms with Crippen LogP contribution in [0.25, 0.3) is 0 Å². The van der Waals surface area contributed by atoms with Crippen LogP contribution in [0.2, 0.25) is 0 Å². The van der Waals surface area contributed by atoms with Gasteiger partial charge in [-0.2, -0.15) is 4.31 Å². The molecule has 124 valence electrons. The van der Waals surface area contributed by atoms with Crippen LogP contribution in [0, 0.1) is 0 Å². The van der Waals surface area contributed by atoms with E-state index in [-0.39, 0.29) is 23.9 Å². The van der Waals surface area contributed by atoms with Gasteiger partial charge >= 0.3 is 0 Å². The van der Waals surface area contributed by atoms with Gasteiger partial charge < -0.3 is 14.8 Å². The summed E-state index contributed by atoms with van der Waals surface area (Å²) in [6.45, 7) is 2.48. The van der Waals surface area contributed by atoms with Crippen LogP contribution >= 0.6 is 0 Å². The Morgan fingerprint density at radius 1 is 1.09 bits per heavy atom. The van der Waals surface area contributed by atoms with E-state index in [1.807, 2.05) is 0 Å². The molecular formula is C14H22N2O5S. The molecule has 8 heteroatoms. The smallest absolute Gasteiger partial charge is 0.243 e. The average molecular weight is 330 g/mol. The molecule has 1 amide bonds. The number of hydrogen-bond donors (Lipinski definition) is 1. The Kier molecular flexibility index (Phi) is 7.46. The minimum atomic E-state index is -3.63. The molecule has 0 fully saturated rings. The van der Waals surface area contributed by atoms with Crippen LogP contribution < -0.4 is 5.32 Å². The Morgan fingerprint density at radius 2 is 1.59 bits per heavy atom. The first kappa shape index (κ1) is 18.6. The first-order valence-electron chi connectivity index (χ1n) is 6.77. The van der Waals surface area contributed by atoms with Crippen LogP contribution in [-0.2, 0) is 24.3 Å². The van der Waals surface area contributed by atoms with E-state index in [0.717, 1.165) is 0 Å². The van der Waals surface area contributed by atoms with Gasteiger partial charge in [-0.25, -0.2) is 8.42 Å². The fourth-order valence-corrected chi connectivity index (χ4v) is 3.21. The van der Waals surface area contributed by atoms with Crippen LogP contribution in [0.5, 0.6) is 0 Å². The van der Waals surface area contributed by atoms with Gasteiger partial charge in [0, 0.05) is 39.9 Å². The zero-order chi connectivity index (χ0) is 16.6. The van der Waals surface area contributed by atoms with Crippen molar-refractivity contribution in [2.24, 2.45) is 0 Å². The van der Waals surface area contributed by atoms with Gasteiger partial charge in [0.1, 0.15) is 0 Å². The van der Waals surface area contributed by atoms with Crippen molar-refractivity contribution >= 4 is 21.6 Å². The number of methoxy groups -OCH3 is 2. The van der Waals surface area contributed by atoms with E-state index in [0.29, 0.717) is 18.9 Å². The van der Waals surface area contributed by atoms with Crippen molar-refractivity contribution in [2.75, 3.05) is 45.8 Å². The Balaban J connectivity index is 2.94. The number of carbonyl (C=O) groups excluding carboxylic acids is 1. The standard InChI is InChI=1S/C14H22N2O5S/c1-12(17)15-13-4-6-14(7-5-13)22(18,19)16(8-10-20-2)9-11-21-3/h4-7H,8-11H2,1-3H3,(H,15,17). The van der Waals surface area contributed by atoms with Crippen LogP contribution in [-0.4, -0.2) is 59.2 Å². The maximum absolute atomic E-state index is 12.6. The zero-order valence-corrected chi connectivity index (χ0v) is 13.9. The maximum atomic E-state index is 12.6. The highest BCUT2D eigenvalue weighted by molar-refractivity contribution is 7.89. The average Bonchev–Trinajstić information content (AvgIpc) is 2.47. The van der Waals surface area contributed by atoms with Gasteiger partial charge in [-0.15, -0.1) is 0 Å². The fourth-order valence-electron chi connectivity index (χ4n) is 1.80. The summed E-state index contributed by atoms with van der Waals surface area (Å²) in [5.74, 6) is -0.211. The third-order valence-corrected chi connectivity index (χ3v) is 4.81. The second-order valence-corrected chi connectivity index (χ2v) is 6.53. The van der Waals surface area contributed by atoms with Crippen molar-refractivity contribution in [1.29, 1.82) is 0 Å². The molecule has 1 rings (SSSR count). The van der Waals surface area contributed by atoms with Gasteiger partial charge in [0.15, 0.2) is 0 Å².